The van der Waals surface area contributed by atoms with E-state index in [1.54, 1.807) is 0 Å². The van der Waals surface area contributed by atoms with E-state index in [2.05, 4.69) is 39.0 Å². The van der Waals surface area contributed by atoms with Crippen molar-refractivity contribution in [2.24, 2.45) is 5.92 Å². The fourth-order valence-corrected chi connectivity index (χ4v) is 4.16. The third-order valence-corrected chi connectivity index (χ3v) is 5.74. The Morgan fingerprint density at radius 3 is 2.89 bits per heavy atom. The van der Waals surface area contributed by atoms with Crippen LogP contribution in [0, 0.1) is 12.8 Å². The molecule has 0 aliphatic carbocycles. The van der Waals surface area contributed by atoms with E-state index in [1.807, 2.05) is 17.9 Å². The fraction of sp³-hybridized carbons (Fsp3) is 0.571. The van der Waals surface area contributed by atoms with Gasteiger partial charge < -0.3 is 14.2 Å². The number of fused-ring (bicyclic) bond motifs is 1. The lowest BCUT2D eigenvalue weighted by Crippen LogP contribution is -2.39. The number of carbonyl (C=O) groups is 1. The minimum Gasteiger partial charge on any atom is -0.376 e. The van der Waals surface area contributed by atoms with Gasteiger partial charge in [-0.15, -0.1) is 10.2 Å². The SMILES string of the molecule is Cc1nnc2n1C[C@@H](C(=O)N1CC[C@@H](OCCCc3ccccc3)C1)CC2. The summed E-state index contributed by atoms with van der Waals surface area (Å²) in [5.74, 6) is 2.23. The summed E-state index contributed by atoms with van der Waals surface area (Å²) >= 11 is 0. The molecule has 0 bridgehead atoms. The van der Waals surface area contributed by atoms with Crippen LogP contribution in [0.1, 0.15) is 36.5 Å². The number of nitrogens with zero attached hydrogens (tertiary/aromatic N) is 4. The molecule has 4 rings (SSSR count). The maximum atomic E-state index is 12.9. The number of rotatable bonds is 6. The van der Waals surface area contributed by atoms with Crippen molar-refractivity contribution in [3.8, 4) is 0 Å². The number of hydrogen-bond acceptors (Lipinski definition) is 4. The first-order chi connectivity index (χ1) is 13.2. The molecule has 0 spiro atoms. The van der Waals surface area contributed by atoms with Crippen molar-refractivity contribution < 1.29 is 9.53 Å². The highest BCUT2D eigenvalue weighted by Gasteiger charge is 2.34. The van der Waals surface area contributed by atoms with Gasteiger partial charge in [0, 0.05) is 32.7 Å². The Kier molecular flexibility index (Phi) is 5.53. The van der Waals surface area contributed by atoms with Crippen molar-refractivity contribution in [3.05, 3.63) is 47.5 Å². The average Bonchev–Trinajstić information content (AvgIpc) is 3.32. The van der Waals surface area contributed by atoms with E-state index >= 15 is 0 Å². The number of amides is 1. The first kappa shape index (κ1) is 18.2. The predicted molar refractivity (Wildman–Crippen MR) is 102 cm³/mol. The van der Waals surface area contributed by atoms with Gasteiger partial charge in [0.1, 0.15) is 11.6 Å². The zero-order valence-corrected chi connectivity index (χ0v) is 16.0. The molecule has 0 radical (unpaired) electrons. The lowest BCUT2D eigenvalue weighted by molar-refractivity contribution is -0.136. The minimum absolute atomic E-state index is 0.0454. The average molecular weight is 368 g/mol. The third-order valence-electron chi connectivity index (χ3n) is 5.74. The van der Waals surface area contributed by atoms with Crippen LogP contribution in [0.4, 0.5) is 0 Å². The largest absolute Gasteiger partial charge is 0.376 e. The Morgan fingerprint density at radius 1 is 1.19 bits per heavy atom. The second kappa shape index (κ2) is 8.21. The highest BCUT2D eigenvalue weighted by Crippen LogP contribution is 2.24. The molecular weight excluding hydrogens is 340 g/mol. The summed E-state index contributed by atoms with van der Waals surface area (Å²) in [4.78, 5) is 14.9. The molecule has 0 N–H and O–H groups in total. The summed E-state index contributed by atoms with van der Waals surface area (Å²) in [6, 6.07) is 10.5. The Balaban J connectivity index is 1.21. The van der Waals surface area contributed by atoms with Crippen molar-refractivity contribution in [3.63, 3.8) is 0 Å². The van der Waals surface area contributed by atoms with Crippen LogP contribution in [-0.4, -0.2) is 51.4 Å². The Bertz CT molecular complexity index is 774. The van der Waals surface area contributed by atoms with Crippen molar-refractivity contribution in [1.29, 1.82) is 0 Å². The van der Waals surface area contributed by atoms with Gasteiger partial charge in [-0.1, -0.05) is 30.3 Å². The van der Waals surface area contributed by atoms with Crippen molar-refractivity contribution in [2.45, 2.75) is 51.7 Å². The van der Waals surface area contributed by atoms with Gasteiger partial charge >= 0.3 is 0 Å². The van der Waals surface area contributed by atoms with Crippen LogP contribution in [0.3, 0.4) is 0 Å². The van der Waals surface area contributed by atoms with E-state index in [0.29, 0.717) is 6.54 Å². The maximum absolute atomic E-state index is 12.9. The number of likely N-dealkylation sites (tertiary alicyclic amines) is 1. The van der Waals surface area contributed by atoms with E-state index in [4.69, 9.17) is 4.74 Å². The molecule has 144 valence electrons. The number of benzene rings is 1. The van der Waals surface area contributed by atoms with Gasteiger partial charge in [-0.3, -0.25) is 4.79 Å². The molecule has 0 saturated carbocycles. The quantitative estimate of drug-likeness (QED) is 0.735. The normalized spacial score (nSPS) is 22.0. The lowest BCUT2D eigenvalue weighted by Gasteiger charge is -2.27. The molecule has 2 atom stereocenters. The monoisotopic (exact) mass is 368 g/mol. The second-order valence-corrected chi connectivity index (χ2v) is 7.66. The number of ether oxygens (including phenoxy) is 1. The summed E-state index contributed by atoms with van der Waals surface area (Å²) in [5.41, 5.74) is 1.35. The van der Waals surface area contributed by atoms with Gasteiger partial charge in [-0.05, 0) is 38.2 Å². The first-order valence-electron chi connectivity index (χ1n) is 10.0. The highest BCUT2D eigenvalue weighted by molar-refractivity contribution is 5.79. The molecule has 3 heterocycles. The zero-order chi connectivity index (χ0) is 18.6. The van der Waals surface area contributed by atoms with Crippen LogP contribution in [0.5, 0.6) is 0 Å². The minimum atomic E-state index is 0.0454. The third kappa shape index (κ3) is 4.21. The van der Waals surface area contributed by atoms with Gasteiger partial charge in [0.2, 0.25) is 5.91 Å². The number of aryl methyl sites for hydroxylation is 3. The van der Waals surface area contributed by atoms with Crippen LogP contribution >= 0.6 is 0 Å². The van der Waals surface area contributed by atoms with Crippen LogP contribution in [0.25, 0.3) is 0 Å². The number of hydrogen-bond donors (Lipinski definition) is 0. The topological polar surface area (TPSA) is 60.2 Å². The number of aromatic nitrogens is 3. The number of carbonyl (C=O) groups excluding carboxylic acids is 1. The maximum Gasteiger partial charge on any atom is 0.227 e. The summed E-state index contributed by atoms with van der Waals surface area (Å²) in [5, 5.41) is 8.32. The standard InChI is InChI=1S/C21H28N4O2/c1-16-22-23-20-10-9-18(14-25(16)20)21(26)24-12-11-19(15-24)27-13-5-8-17-6-3-2-4-7-17/h2-4,6-7,18-19H,5,8-15H2,1H3/t18-,19+/m0/s1. The molecule has 2 aliphatic rings. The molecule has 27 heavy (non-hydrogen) atoms. The van der Waals surface area contributed by atoms with E-state index in [9.17, 15) is 4.79 Å². The van der Waals surface area contributed by atoms with E-state index in [0.717, 1.165) is 63.4 Å². The Hall–Kier alpha value is -2.21. The summed E-state index contributed by atoms with van der Waals surface area (Å²) < 4.78 is 8.13. The van der Waals surface area contributed by atoms with Crippen molar-refractivity contribution >= 4 is 5.91 Å². The highest BCUT2D eigenvalue weighted by atomic mass is 16.5. The molecule has 6 nitrogen and oxygen atoms in total. The smallest absolute Gasteiger partial charge is 0.227 e. The molecule has 6 heteroatoms. The molecule has 1 saturated heterocycles. The first-order valence-corrected chi connectivity index (χ1v) is 10.0. The van der Waals surface area contributed by atoms with Crippen LogP contribution in [-0.2, 0) is 28.9 Å². The van der Waals surface area contributed by atoms with Crippen molar-refractivity contribution in [2.75, 3.05) is 19.7 Å². The summed E-state index contributed by atoms with van der Waals surface area (Å²) in [7, 11) is 0. The molecule has 1 aromatic carbocycles. The molecule has 2 aliphatic heterocycles. The molecule has 1 aromatic heterocycles. The van der Waals surface area contributed by atoms with E-state index in [1.165, 1.54) is 5.56 Å². The summed E-state index contributed by atoms with van der Waals surface area (Å²) in [6.45, 7) is 4.97. The second-order valence-electron chi connectivity index (χ2n) is 7.66. The van der Waals surface area contributed by atoms with E-state index in [-0.39, 0.29) is 17.9 Å². The van der Waals surface area contributed by atoms with Crippen LogP contribution < -0.4 is 0 Å². The molecule has 1 amide bonds. The van der Waals surface area contributed by atoms with Crippen LogP contribution in [0.2, 0.25) is 0 Å². The van der Waals surface area contributed by atoms with E-state index < -0.39 is 0 Å². The Morgan fingerprint density at radius 2 is 2.04 bits per heavy atom. The van der Waals surface area contributed by atoms with Gasteiger partial charge in [-0.25, -0.2) is 0 Å². The fourth-order valence-electron chi connectivity index (χ4n) is 4.16. The predicted octanol–water partition coefficient (Wildman–Crippen LogP) is 2.40. The van der Waals surface area contributed by atoms with Gasteiger partial charge in [0.15, 0.2) is 0 Å². The van der Waals surface area contributed by atoms with Gasteiger partial charge in [0.25, 0.3) is 0 Å². The van der Waals surface area contributed by atoms with Gasteiger partial charge in [-0.2, -0.15) is 0 Å². The molecule has 0 unspecified atom stereocenters. The van der Waals surface area contributed by atoms with Gasteiger partial charge in [0.05, 0.1) is 12.0 Å². The zero-order valence-electron chi connectivity index (χ0n) is 16.0. The lowest BCUT2D eigenvalue weighted by atomic mass is 9.98. The Labute approximate surface area is 160 Å². The molecular formula is C21H28N4O2. The molecule has 2 aromatic rings. The summed E-state index contributed by atoms with van der Waals surface area (Å²) in [6.07, 6.45) is 4.90. The van der Waals surface area contributed by atoms with Crippen molar-refractivity contribution in [1.82, 2.24) is 19.7 Å². The molecule has 1 fully saturated rings. The van der Waals surface area contributed by atoms with Crippen LogP contribution in [0.15, 0.2) is 30.3 Å².